The van der Waals surface area contributed by atoms with E-state index in [0.29, 0.717) is 24.7 Å². The van der Waals surface area contributed by atoms with Crippen molar-refractivity contribution in [2.24, 2.45) is 11.8 Å². The van der Waals surface area contributed by atoms with Gasteiger partial charge in [0.25, 0.3) is 0 Å². The van der Waals surface area contributed by atoms with Crippen molar-refractivity contribution in [2.45, 2.75) is 30.9 Å². The molecule has 1 aliphatic carbocycles. The molecule has 3 aromatic rings. The molecule has 2 aliphatic heterocycles. The van der Waals surface area contributed by atoms with E-state index in [2.05, 4.69) is 77.7 Å². The molecule has 33 heavy (non-hydrogen) atoms. The number of piperidine rings is 1. The van der Waals surface area contributed by atoms with E-state index in [1.165, 1.54) is 29.5 Å². The van der Waals surface area contributed by atoms with E-state index in [-0.39, 0.29) is 0 Å². The summed E-state index contributed by atoms with van der Waals surface area (Å²) in [6.45, 7) is 2.53. The van der Waals surface area contributed by atoms with Crippen LogP contribution in [0.5, 0.6) is 11.5 Å². The summed E-state index contributed by atoms with van der Waals surface area (Å²) in [7, 11) is 1.90. The van der Waals surface area contributed by atoms with Crippen molar-refractivity contribution in [1.82, 2.24) is 4.90 Å². The molecule has 2 heterocycles. The third-order valence-electron chi connectivity index (χ3n) is 8.02. The predicted molar refractivity (Wildman–Crippen MR) is 129 cm³/mol. The summed E-state index contributed by atoms with van der Waals surface area (Å²) in [6, 6.07) is 28.6. The number of nitrogens with zero attached hydrogens (tertiary/aromatic N) is 1. The van der Waals surface area contributed by atoms with Gasteiger partial charge in [-0.15, -0.1) is 0 Å². The highest BCUT2D eigenvalue weighted by Crippen LogP contribution is 2.55. The van der Waals surface area contributed by atoms with Crippen LogP contribution in [-0.2, 0) is 16.8 Å². The van der Waals surface area contributed by atoms with Crippen LogP contribution in [0.1, 0.15) is 29.5 Å². The minimum absolute atomic E-state index is 0.328. The van der Waals surface area contributed by atoms with Crippen LogP contribution in [0.15, 0.2) is 78.9 Å². The first-order valence-corrected chi connectivity index (χ1v) is 12.1. The standard InChI is InChI=1S/C29H31NO3/c1-31-29(23-8-4-2-5-9-23,24-10-6-3-7-11-24)28-22-13-14-25(28)30(19-22)17-16-21-12-15-26-27(18-21)33-20-32-26/h2-12,15,18,22,25,28H,13-14,16-17,19-20H2,1H3. The first kappa shape index (κ1) is 20.8. The molecule has 6 rings (SSSR count). The Balaban J connectivity index is 1.29. The minimum atomic E-state index is -0.429. The third kappa shape index (κ3) is 3.44. The zero-order valence-corrected chi connectivity index (χ0v) is 19.2. The number of benzene rings is 3. The Kier molecular flexibility index (Phi) is 5.35. The summed E-state index contributed by atoms with van der Waals surface area (Å²) in [6.07, 6.45) is 3.53. The normalized spacial score (nSPS) is 23.8. The highest BCUT2D eigenvalue weighted by molar-refractivity contribution is 5.44. The molecule has 170 valence electrons. The molecular weight excluding hydrogens is 410 g/mol. The summed E-state index contributed by atoms with van der Waals surface area (Å²) in [4.78, 5) is 2.71. The van der Waals surface area contributed by atoms with E-state index in [9.17, 15) is 0 Å². The van der Waals surface area contributed by atoms with Crippen LogP contribution < -0.4 is 9.47 Å². The molecule has 3 atom stereocenters. The van der Waals surface area contributed by atoms with Crippen LogP contribution in [0.3, 0.4) is 0 Å². The highest BCUT2D eigenvalue weighted by Gasteiger charge is 2.57. The van der Waals surface area contributed by atoms with Gasteiger partial charge in [0.05, 0.1) is 0 Å². The van der Waals surface area contributed by atoms with Crippen LogP contribution in [0.2, 0.25) is 0 Å². The lowest BCUT2D eigenvalue weighted by atomic mass is 9.71. The zero-order chi connectivity index (χ0) is 22.3. The number of hydrogen-bond donors (Lipinski definition) is 0. The fourth-order valence-corrected chi connectivity index (χ4v) is 6.63. The van der Waals surface area contributed by atoms with Gasteiger partial charge in [-0.3, -0.25) is 4.90 Å². The molecule has 3 unspecified atom stereocenters. The zero-order valence-electron chi connectivity index (χ0n) is 19.2. The van der Waals surface area contributed by atoms with Crippen LogP contribution in [-0.4, -0.2) is 37.9 Å². The third-order valence-corrected chi connectivity index (χ3v) is 8.02. The lowest BCUT2D eigenvalue weighted by Gasteiger charge is -2.42. The van der Waals surface area contributed by atoms with Crippen LogP contribution >= 0.6 is 0 Å². The van der Waals surface area contributed by atoms with Gasteiger partial charge in [-0.25, -0.2) is 0 Å². The molecule has 1 saturated carbocycles. The number of ether oxygens (including phenoxy) is 3. The fourth-order valence-electron chi connectivity index (χ4n) is 6.63. The predicted octanol–water partition coefficient (Wildman–Crippen LogP) is 5.26. The van der Waals surface area contributed by atoms with Gasteiger partial charge in [-0.1, -0.05) is 66.7 Å². The van der Waals surface area contributed by atoms with Crippen molar-refractivity contribution < 1.29 is 14.2 Å². The molecule has 1 saturated heterocycles. The van der Waals surface area contributed by atoms with E-state index in [1.807, 2.05) is 13.2 Å². The number of methoxy groups -OCH3 is 1. The number of hydrogen-bond acceptors (Lipinski definition) is 4. The van der Waals surface area contributed by atoms with Crippen molar-refractivity contribution in [2.75, 3.05) is 27.0 Å². The molecule has 2 fully saturated rings. The molecular formula is C29H31NO3. The Bertz CT molecular complexity index is 1060. The molecule has 0 amide bonds. The first-order valence-electron chi connectivity index (χ1n) is 12.1. The average molecular weight is 442 g/mol. The van der Waals surface area contributed by atoms with Gasteiger partial charge in [-0.2, -0.15) is 0 Å². The summed E-state index contributed by atoms with van der Waals surface area (Å²) in [5, 5.41) is 0. The molecule has 0 aromatic heterocycles. The fraction of sp³-hybridized carbons (Fsp3) is 0.379. The molecule has 3 aromatic carbocycles. The minimum Gasteiger partial charge on any atom is -0.454 e. The van der Waals surface area contributed by atoms with E-state index >= 15 is 0 Å². The number of rotatable bonds is 7. The summed E-state index contributed by atoms with van der Waals surface area (Å²) >= 11 is 0. The van der Waals surface area contributed by atoms with Gasteiger partial charge in [0, 0.05) is 32.2 Å². The molecule has 0 N–H and O–H groups in total. The van der Waals surface area contributed by atoms with E-state index in [1.54, 1.807) is 0 Å². The molecule has 4 heteroatoms. The van der Waals surface area contributed by atoms with Crippen molar-refractivity contribution in [3.8, 4) is 11.5 Å². The van der Waals surface area contributed by atoms with Gasteiger partial charge < -0.3 is 14.2 Å². The second-order valence-electron chi connectivity index (χ2n) is 9.53. The maximum atomic E-state index is 6.58. The molecule has 0 spiro atoms. The molecule has 4 nitrogen and oxygen atoms in total. The lowest BCUT2D eigenvalue weighted by Crippen LogP contribution is -2.45. The first-order chi connectivity index (χ1) is 16.3. The lowest BCUT2D eigenvalue weighted by molar-refractivity contribution is -0.0424. The van der Waals surface area contributed by atoms with E-state index < -0.39 is 5.60 Å². The Morgan fingerprint density at radius 1 is 0.879 bits per heavy atom. The van der Waals surface area contributed by atoms with Gasteiger partial charge in [0.15, 0.2) is 11.5 Å². The summed E-state index contributed by atoms with van der Waals surface area (Å²) in [5.74, 6) is 2.80. The van der Waals surface area contributed by atoms with E-state index in [0.717, 1.165) is 31.0 Å². The molecule has 0 radical (unpaired) electrons. The number of likely N-dealkylation sites (tertiary alicyclic amines) is 1. The van der Waals surface area contributed by atoms with Crippen molar-refractivity contribution in [3.05, 3.63) is 95.6 Å². The highest BCUT2D eigenvalue weighted by atomic mass is 16.7. The molecule has 3 aliphatic rings. The average Bonchev–Trinajstić information content (AvgIpc) is 3.60. The van der Waals surface area contributed by atoms with Crippen molar-refractivity contribution in [3.63, 3.8) is 0 Å². The Morgan fingerprint density at radius 3 is 2.27 bits per heavy atom. The molecule has 2 bridgehead atoms. The van der Waals surface area contributed by atoms with Gasteiger partial charge >= 0.3 is 0 Å². The van der Waals surface area contributed by atoms with E-state index in [4.69, 9.17) is 14.2 Å². The maximum Gasteiger partial charge on any atom is 0.231 e. The van der Waals surface area contributed by atoms with Crippen LogP contribution in [0, 0.1) is 11.8 Å². The van der Waals surface area contributed by atoms with Crippen LogP contribution in [0.4, 0.5) is 0 Å². The second-order valence-corrected chi connectivity index (χ2v) is 9.53. The van der Waals surface area contributed by atoms with Crippen LogP contribution in [0.25, 0.3) is 0 Å². The Morgan fingerprint density at radius 2 is 1.58 bits per heavy atom. The Labute approximate surface area is 196 Å². The van der Waals surface area contributed by atoms with Crippen molar-refractivity contribution >= 4 is 0 Å². The Hall–Kier alpha value is -2.82. The summed E-state index contributed by atoms with van der Waals surface area (Å²) < 4.78 is 17.6. The topological polar surface area (TPSA) is 30.9 Å². The maximum absolute atomic E-state index is 6.58. The summed E-state index contributed by atoms with van der Waals surface area (Å²) in [5.41, 5.74) is 3.40. The largest absolute Gasteiger partial charge is 0.454 e. The van der Waals surface area contributed by atoms with Crippen molar-refractivity contribution in [1.29, 1.82) is 0 Å². The van der Waals surface area contributed by atoms with Gasteiger partial charge in [0.1, 0.15) is 5.60 Å². The smallest absolute Gasteiger partial charge is 0.231 e. The SMILES string of the molecule is COC(c1ccccc1)(c1ccccc1)C1C2CCC1N(CCc1ccc3c(c1)OCO3)C2. The second kappa shape index (κ2) is 8.51. The van der Waals surface area contributed by atoms with Gasteiger partial charge in [-0.05, 0) is 54.0 Å². The van der Waals surface area contributed by atoms with Gasteiger partial charge in [0.2, 0.25) is 6.79 Å². The quantitative estimate of drug-likeness (QED) is 0.501. The number of fused-ring (bicyclic) bond motifs is 3. The monoisotopic (exact) mass is 441 g/mol.